The number of likely N-dealkylation sites (N-methyl/N-ethyl adjacent to an activating group) is 1. The Hall–Kier alpha value is -1.96. The molecule has 4 N–H and O–H groups in total. The van der Waals surface area contributed by atoms with E-state index in [0.29, 0.717) is 13.0 Å². The van der Waals surface area contributed by atoms with E-state index in [4.69, 9.17) is 5.11 Å². The highest BCUT2D eigenvalue weighted by atomic mass is 16.4. The number of hydrazine groups is 1. The summed E-state index contributed by atoms with van der Waals surface area (Å²) in [6.07, 6.45) is 2.34. The number of carbonyl (C=O) groups excluding carboxylic acids is 1. The smallest absolute Gasteiger partial charge is 0.317 e. The first-order chi connectivity index (χ1) is 12.9. The van der Waals surface area contributed by atoms with Crippen LogP contribution in [0.25, 0.3) is 0 Å². The van der Waals surface area contributed by atoms with E-state index >= 15 is 0 Å². The van der Waals surface area contributed by atoms with Gasteiger partial charge in [-0.25, -0.2) is 10.9 Å². The number of amides is 1. The Balaban J connectivity index is 1.46. The Morgan fingerprint density at radius 2 is 1.93 bits per heavy atom. The quantitative estimate of drug-likeness (QED) is 0.574. The van der Waals surface area contributed by atoms with Crippen molar-refractivity contribution in [3.05, 3.63) is 34.9 Å². The lowest BCUT2D eigenvalue weighted by atomic mass is 9.85. The van der Waals surface area contributed by atoms with E-state index in [-0.39, 0.29) is 36.6 Å². The molecule has 2 aliphatic rings. The molecular formula is C20H30N4O3. The average molecular weight is 374 g/mol. The number of nitrogens with zero attached hydrogens (tertiary/aromatic N) is 1. The fourth-order valence-electron chi connectivity index (χ4n) is 3.91. The van der Waals surface area contributed by atoms with E-state index in [9.17, 15) is 9.59 Å². The molecule has 1 aromatic carbocycles. The van der Waals surface area contributed by atoms with Crippen LogP contribution in [0, 0.1) is 13.8 Å². The molecular weight excluding hydrogens is 344 g/mol. The molecule has 27 heavy (non-hydrogen) atoms. The van der Waals surface area contributed by atoms with Crippen molar-refractivity contribution in [2.24, 2.45) is 0 Å². The zero-order valence-electron chi connectivity index (χ0n) is 16.3. The van der Waals surface area contributed by atoms with Gasteiger partial charge in [0.1, 0.15) is 6.04 Å². The molecule has 1 aromatic rings. The summed E-state index contributed by atoms with van der Waals surface area (Å²) in [5.41, 5.74) is 10.1. The lowest BCUT2D eigenvalue weighted by molar-refractivity contribution is -0.139. The zero-order chi connectivity index (χ0) is 19.6. The summed E-state index contributed by atoms with van der Waals surface area (Å²) in [4.78, 5) is 25.4. The van der Waals surface area contributed by atoms with Crippen LogP contribution in [0.5, 0.6) is 0 Å². The molecule has 0 aromatic heterocycles. The van der Waals surface area contributed by atoms with Gasteiger partial charge < -0.3 is 10.4 Å². The molecule has 7 nitrogen and oxygen atoms in total. The number of carboxylic acids is 1. The molecule has 7 heteroatoms. The first-order valence-electron chi connectivity index (χ1n) is 9.71. The number of aryl methyl sites for hydroxylation is 2. The second kappa shape index (κ2) is 8.37. The monoisotopic (exact) mass is 374 g/mol. The molecule has 1 saturated heterocycles. The van der Waals surface area contributed by atoms with Crippen molar-refractivity contribution >= 4 is 11.9 Å². The number of rotatable bonds is 7. The highest BCUT2D eigenvalue weighted by Gasteiger charge is 2.37. The van der Waals surface area contributed by atoms with Crippen LogP contribution in [0.2, 0.25) is 0 Å². The maximum Gasteiger partial charge on any atom is 0.317 e. The topological polar surface area (TPSA) is 93.7 Å². The zero-order valence-corrected chi connectivity index (χ0v) is 16.3. The minimum absolute atomic E-state index is 0.0126. The van der Waals surface area contributed by atoms with Crippen molar-refractivity contribution in [2.75, 3.05) is 13.1 Å². The lowest BCUT2D eigenvalue weighted by Gasteiger charge is -2.42. The molecule has 1 saturated carbocycles. The minimum atomic E-state index is -0.803. The highest BCUT2D eigenvalue weighted by molar-refractivity contribution is 5.82. The second-order valence-corrected chi connectivity index (χ2v) is 7.76. The predicted molar refractivity (Wildman–Crippen MR) is 103 cm³/mol. The number of nitrogens with one attached hydrogen (secondary N) is 3. The number of benzene rings is 1. The van der Waals surface area contributed by atoms with Gasteiger partial charge in [0.15, 0.2) is 0 Å². The first-order valence-corrected chi connectivity index (χ1v) is 9.71. The normalized spacial score (nSPS) is 27.4. The largest absolute Gasteiger partial charge is 0.480 e. The van der Waals surface area contributed by atoms with Crippen molar-refractivity contribution in [1.29, 1.82) is 0 Å². The molecule has 2 fully saturated rings. The summed E-state index contributed by atoms with van der Waals surface area (Å²) in [6.45, 7) is 6.94. The van der Waals surface area contributed by atoms with Crippen molar-refractivity contribution in [3.63, 3.8) is 0 Å². The second-order valence-electron chi connectivity index (χ2n) is 7.76. The van der Waals surface area contributed by atoms with Gasteiger partial charge in [-0.3, -0.25) is 14.5 Å². The Bertz CT molecular complexity index is 702. The van der Waals surface area contributed by atoms with E-state index < -0.39 is 5.97 Å². The molecule has 0 bridgehead atoms. The van der Waals surface area contributed by atoms with Gasteiger partial charge in [0.05, 0.1) is 6.54 Å². The molecule has 2 atom stereocenters. The van der Waals surface area contributed by atoms with Crippen LogP contribution in [0.3, 0.4) is 0 Å². The van der Waals surface area contributed by atoms with E-state index in [1.54, 1.807) is 0 Å². The first kappa shape index (κ1) is 19.8. The minimum Gasteiger partial charge on any atom is -0.480 e. The van der Waals surface area contributed by atoms with Crippen LogP contribution in [-0.2, 0) is 9.59 Å². The Morgan fingerprint density at radius 1 is 1.19 bits per heavy atom. The van der Waals surface area contributed by atoms with Crippen molar-refractivity contribution < 1.29 is 14.7 Å². The third-order valence-corrected chi connectivity index (χ3v) is 5.87. The van der Waals surface area contributed by atoms with Crippen LogP contribution in [0.4, 0.5) is 0 Å². The molecule has 1 heterocycles. The molecule has 1 aliphatic carbocycles. The number of carbonyl (C=O) groups is 2. The van der Waals surface area contributed by atoms with Crippen molar-refractivity contribution in [1.82, 2.24) is 21.1 Å². The van der Waals surface area contributed by atoms with E-state index in [2.05, 4.69) is 48.2 Å². The summed E-state index contributed by atoms with van der Waals surface area (Å²) >= 11 is 0. The van der Waals surface area contributed by atoms with Gasteiger partial charge in [-0.15, -0.1) is 0 Å². The third-order valence-electron chi connectivity index (χ3n) is 5.87. The van der Waals surface area contributed by atoms with E-state index in [1.807, 2.05) is 11.8 Å². The van der Waals surface area contributed by atoms with Gasteiger partial charge in [0, 0.05) is 18.1 Å². The van der Waals surface area contributed by atoms with Gasteiger partial charge in [-0.2, -0.15) is 0 Å². The van der Waals surface area contributed by atoms with Gasteiger partial charge >= 0.3 is 5.97 Å². The average Bonchev–Trinajstić information content (AvgIpc) is 3.08. The van der Waals surface area contributed by atoms with Gasteiger partial charge in [0.2, 0.25) is 5.91 Å². The summed E-state index contributed by atoms with van der Waals surface area (Å²) in [5.74, 6) is -0.790. The maximum atomic E-state index is 12.5. The third kappa shape index (κ3) is 4.66. The van der Waals surface area contributed by atoms with Crippen LogP contribution in [-0.4, -0.2) is 53.1 Å². The fraction of sp³-hybridized carbons (Fsp3) is 0.600. The number of hydrogen-bond donors (Lipinski definition) is 4. The molecule has 0 radical (unpaired) electrons. The van der Waals surface area contributed by atoms with Crippen molar-refractivity contribution in [3.8, 4) is 0 Å². The molecule has 2 unspecified atom stereocenters. The molecule has 3 rings (SSSR count). The number of hydrogen-bond acceptors (Lipinski definition) is 5. The van der Waals surface area contributed by atoms with E-state index in [1.165, 1.54) is 16.7 Å². The summed E-state index contributed by atoms with van der Waals surface area (Å²) in [6, 6.07) is 6.65. The van der Waals surface area contributed by atoms with Crippen LogP contribution < -0.4 is 16.2 Å². The Morgan fingerprint density at radius 3 is 2.56 bits per heavy atom. The van der Waals surface area contributed by atoms with Gasteiger partial charge in [-0.05, 0) is 56.3 Å². The highest BCUT2D eigenvalue weighted by Crippen LogP contribution is 2.27. The number of aliphatic carboxylic acids is 1. The Labute approximate surface area is 160 Å². The molecule has 1 amide bonds. The molecule has 0 spiro atoms. The molecule has 148 valence electrons. The SMILES string of the molecule is CCN(CC(=O)O)C1CC(NC(=O)C2CC(c3ccc(C)c(C)c3)NN2)C1. The number of carboxylic acid groups (broad SMARTS) is 1. The summed E-state index contributed by atoms with van der Waals surface area (Å²) < 4.78 is 0. The van der Waals surface area contributed by atoms with E-state index in [0.717, 1.165) is 12.8 Å². The van der Waals surface area contributed by atoms with Gasteiger partial charge in [0.25, 0.3) is 0 Å². The standard InChI is InChI=1S/C20H30N4O3/c1-4-24(11-19(25)26)16-8-15(9-16)21-20(27)18-10-17(22-23-18)14-6-5-12(2)13(3)7-14/h5-7,15-18,22-23H,4,8-11H2,1-3H3,(H,21,27)(H,25,26). The van der Waals surface area contributed by atoms with Crippen molar-refractivity contribution in [2.45, 2.75) is 64.2 Å². The Kier molecular flexibility index (Phi) is 6.14. The van der Waals surface area contributed by atoms with Crippen LogP contribution in [0.15, 0.2) is 18.2 Å². The van der Waals surface area contributed by atoms with Crippen LogP contribution >= 0.6 is 0 Å². The summed E-state index contributed by atoms with van der Waals surface area (Å²) in [7, 11) is 0. The summed E-state index contributed by atoms with van der Waals surface area (Å²) in [5, 5.41) is 12.1. The predicted octanol–water partition coefficient (Wildman–Crippen LogP) is 1.26. The fourth-order valence-corrected chi connectivity index (χ4v) is 3.91. The molecule has 1 aliphatic heterocycles. The van der Waals surface area contributed by atoms with Gasteiger partial charge in [-0.1, -0.05) is 25.1 Å². The van der Waals surface area contributed by atoms with Crippen LogP contribution in [0.1, 0.15) is 48.9 Å². The lowest BCUT2D eigenvalue weighted by Crippen LogP contribution is -2.57. The maximum absolute atomic E-state index is 12.5.